The van der Waals surface area contributed by atoms with Gasteiger partial charge in [-0.3, -0.25) is 9.59 Å². The average Bonchev–Trinajstić information content (AvgIpc) is 3.22. The van der Waals surface area contributed by atoms with Gasteiger partial charge in [0.2, 0.25) is 11.8 Å². The number of hydrogen-bond donors (Lipinski definition) is 1. The maximum Gasteiger partial charge on any atom is 0.243 e. The van der Waals surface area contributed by atoms with Crippen LogP contribution in [0.5, 0.6) is 0 Å². The van der Waals surface area contributed by atoms with E-state index in [4.69, 9.17) is 11.6 Å². The summed E-state index contributed by atoms with van der Waals surface area (Å²) in [6.07, 6.45) is 1.92. The topological polar surface area (TPSA) is 49.4 Å². The molecule has 2 heterocycles. The minimum absolute atomic E-state index is 0.0121. The van der Waals surface area contributed by atoms with Gasteiger partial charge in [-0.05, 0) is 30.5 Å². The number of carbonyl (C=O) groups excluding carboxylic acids is 2. The van der Waals surface area contributed by atoms with Crippen molar-refractivity contribution in [1.82, 2.24) is 10.2 Å². The summed E-state index contributed by atoms with van der Waals surface area (Å²) in [5, 5.41) is 2.92. The number of benzene rings is 1. The van der Waals surface area contributed by atoms with Gasteiger partial charge in [0.25, 0.3) is 0 Å². The third-order valence-corrected chi connectivity index (χ3v) is 5.37. The first-order chi connectivity index (χ1) is 11.6. The number of amides is 2. The molecule has 1 unspecified atom stereocenters. The number of nitrogens with one attached hydrogen (secondary N) is 1. The molecular formula is C18H19ClN2O2S. The van der Waals surface area contributed by atoms with E-state index in [9.17, 15) is 9.59 Å². The zero-order valence-electron chi connectivity index (χ0n) is 13.2. The zero-order valence-corrected chi connectivity index (χ0v) is 14.8. The summed E-state index contributed by atoms with van der Waals surface area (Å²) in [5.74, 6) is -0.0727. The molecule has 126 valence electrons. The number of rotatable bonds is 5. The molecule has 2 amide bonds. The van der Waals surface area contributed by atoms with Crippen LogP contribution in [0, 0.1) is 0 Å². The molecule has 1 aromatic heterocycles. The Morgan fingerprint density at radius 2 is 2.00 bits per heavy atom. The van der Waals surface area contributed by atoms with E-state index >= 15 is 0 Å². The summed E-state index contributed by atoms with van der Waals surface area (Å²) in [5.41, 5.74) is 0.974. The van der Waals surface area contributed by atoms with Crippen molar-refractivity contribution in [3.05, 3.63) is 57.2 Å². The van der Waals surface area contributed by atoms with Crippen LogP contribution >= 0.6 is 22.9 Å². The third kappa shape index (κ3) is 4.16. The monoisotopic (exact) mass is 362 g/mol. The number of nitrogens with zero attached hydrogens (tertiary/aromatic N) is 1. The Morgan fingerprint density at radius 3 is 2.71 bits per heavy atom. The van der Waals surface area contributed by atoms with Crippen LogP contribution < -0.4 is 5.32 Å². The van der Waals surface area contributed by atoms with Gasteiger partial charge in [-0.1, -0.05) is 41.9 Å². The van der Waals surface area contributed by atoms with Gasteiger partial charge in [-0.25, -0.2) is 0 Å². The first kappa shape index (κ1) is 17.0. The summed E-state index contributed by atoms with van der Waals surface area (Å²) in [6.45, 7) is 1.10. The van der Waals surface area contributed by atoms with E-state index in [0.717, 1.165) is 23.3 Å². The number of likely N-dealkylation sites (tertiary alicyclic amines) is 1. The molecule has 1 saturated heterocycles. The molecular weight excluding hydrogens is 344 g/mol. The second-order valence-electron chi connectivity index (χ2n) is 5.83. The van der Waals surface area contributed by atoms with Crippen LogP contribution in [0.25, 0.3) is 0 Å². The first-order valence-electron chi connectivity index (χ1n) is 7.99. The van der Waals surface area contributed by atoms with Gasteiger partial charge in [0, 0.05) is 11.4 Å². The molecule has 0 saturated carbocycles. The molecule has 3 rings (SSSR count). The third-order valence-electron chi connectivity index (χ3n) is 4.14. The fourth-order valence-electron chi connectivity index (χ4n) is 2.95. The molecule has 2 aromatic rings. The number of hydrogen-bond acceptors (Lipinski definition) is 3. The Morgan fingerprint density at radius 1 is 1.21 bits per heavy atom. The summed E-state index contributed by atoms with van der Waals surface area (Å²) >= 11 is 7.35. The lowest BCUT2D eigenvalue weighted by Gasteiger charge is -2.24. The minimum atomic E-state index is -0.364. The number of carbonyl (C=O) groups is 2. The molecule has 1 N–H and O–H groups in total. The van der Waals surface area contributed by atoms with Crippen molar-refractivity contribution < 1.29 is 9.59 Å². The van der Waals surface area contributed by atoms with E-state index in [-0.39, 0.29) is 17.9 Å². The van der Waals surface area contributed by atoms with Crippen molar-refractivity contribution in [2.75, 3.05) is 6.54 Å². The fraction of sp³-hybridized carbons (Fsp3) is 0.333. The van der Waals surface area contributed by atoms with E-state index in [1.54, 1.807) is 4.90 Å². The highest BCUT2D eigenvalue weighted by atomic mass is 35.5. The van der Waals surface area contributed by atoms with Crippen LogP contribution in [0.15, 0.2) is 42.5 Å². The van der Waals surface area contributed by atoms with Crippen molar-refractivity contribution in [2.45, 2.75) is 31.8 Å². The van der Waals surface area contributed by atoms with Crippen LogP contribution in [-0.4, -0.2) is 29.3 Å². The van der Waals surface area contributed by atoms with E-state index in [1.165, 1.54) is 11.3 Å². The number of halogens is 1. The molecule has 0 radical (unpaired) electrons. The molecule has 6 heteroatoms. The Hall–Kier alpha value is -1.85. The lowest BCUT2D eigenvalue weighted by Crippen LogP contribution is -2.46. The Bertz CT molecular complexity index is 717. The van der Waals surface area contributed by atoms with Gasteiger partial charge in [-0.2, -0.15) is 0 Å². The Balaban J connectivity index is 1.57. The van der Waals surface area contributed by atoms with Crippen LogP contribution in [0.4, 0.5) is 0 Å². The predicted molar refractivity (Wildman–Crippen MR) is 96.1 cm³/mol. The molecule has 4 nitrogen and oxygen atoms in total. The van der Waals surface area contributed by atoms with Crippen LogP contribution in [0.3, 0.4) is 0 Å². The lowest BCUT2D eigenvalue weighted by molar-refractivity contribution is -0.138. The van der Waals surface area contributed by atoms with Gasteiger partial charge in [0.1, 0.15) is 6.04 Å². The van der Waals surface area contributed by atoms with E-state index < -0.39 is 0 Å². The van der Waals surface area contributed by atoms with Gasteiger partial charge in [0.05, 0.1) is 17.3 Å². The van der Waals surface area contributed by atoms with Gasteiger partial charge < -0.3 is 10.2 Å². The van der Waals surface area contributed by atoms with Gasteiger partial charge in [-0.15, -0.1) is 11.3 Å². The SMILES string of the molecule is O=C(NCc1ccc(Cl)s1)C1CCCN1C(=O)Cc1ccccc1. The molecule has 1 fully saturated rings. The normalized spacial score (nSPS) is 17.0. The quantitative estimate of drug-likeness (QED) is 0.887. The number of thiophene rings is 1. The van der Waals surface area contributed by atoms with Crippen LogP contribution in [0.1, 0.15) is 23.3 Å². The summed E-state index contributed by atoms with van der Waals surface area (Å²) < 4.78 is 0.708. The second kappa shape index (κ2) is 7.81. The van der Waals surface area contributed by atoms with Crippen molar-refractivity contribution in [2.24, 2.45) is 0 Å². The van der Waals surface area contributed by atoms with Crippen LogP contribution in [0.2, 0.25) is 4.34 Å². The highest BCUT2D eigenvalue weighted by Gasteiger charge is 2.33. The van der Waals surface area contributed by atoms with Gasteiger partial charge in [0.15, 0.2) is 0 Å². The van der Waals surface area contributed by atoms with E-state index in [2.05, 4.69) is 5.32 Å². The van der Waals surface area contributed by atoms with Crippen LogP contribution in [-0.2, 0) is 22.6 Å². The molecule has 1 atom stereocenters. The molecule has 0 aliphatic carbocycles. The molecule has 1 aliphatic heterocycles. The van der Waals surface area contributed by atoms with Crippen molar-refractivity contribution >= 4 is 34.8 Å². The van der Waals surface area contributed by atoms with E-state index in [0.29, 0.717) is 23.8 Å². The van der Waals surface area contributed by atoms with Crippen molar-refractivity contribution in [1.29, 1.82) is 0 Å². The highest BCUT2D eigenvalue weighted by molar-refractivity contribution is 7.16. The smallest absolute Gasteiger partial charge is 0.243 e. The second-order valence-corrected chi connectivity index (χ2v) is 7.63. The summed E-state index contributed by atoms with van der Waals surface area (Å²) in [6, 6.07) is 13.0. The summed E-state index contributed by atoms with van der Waals surface area (Å²) in [7, 11) is 0. The molecule has 0 bridgehead atoms. The minimum Gasteiger partial charge on any atom is -0.349 e. The standard InChI is InChI=1S/C18H19ClN2O2S/c19-16-9-8-14(24-16)12-20-18(23)15-7-4-10-21(15)17(22)11-13-5-2-1-3-6-13/h1-3,5-6,8-9,15H,4,7,10-12H2,(H,20,23). The molecule has 0 spiro atoms. The zero-order chi connectivity index (χ0) is 16.9. The molecule has 24 heavy (non-hydrogen) atoms. The van der Waals surface area contributed by atoms with Gasteiger partial charge >= 0.3 is 0 Å². The Labute approximate surface area is 150 Å². The molecule has 1 aromatic carbocycles. The fourth-order valence-corrected chi connectivity index (χ4v) is 3.98. The first-order valence-corrected chi connectivity index (χ1v) is 9.18. The lowest BCUT2D eigenvalue weighted by atomic mass is 10.1. The maximum atomic E-state index is 12.5. The maximum absolute atomic E-state index is 12.5. The Kier molecular flexibility index (Phi) is 5.53. The predicted octanol–water partition coefficient (Wildman–Crippen LogP) is 3.25. The molecule has 1 aliphatic rings. The summed E-state index contributed by atoms with van der Waals surface area (Å²) in [4.78, 5) is 27.7. The largest absolute Gasteiger partial charge is 0.349 e. The van der Waals surface area contributed by atoms with E-state index in [1.807, 2.05) is 42.5 Å². The average molecular weight is 363 g/mol. The van der Waals surface area contributed by atoms with Crippen molar-refractivity contribution in [3.8, 4) is 0 Å². The highest BCUT2D eigenvalue weighted by Crippen LogP contribution is 2.22. The van der Waals surface area contributed by atoms with Crippen molar-refractivity contribution in [3.63, 3.8) is 0 Å².